The summed E-state index contributed by atoms with van der Waals surface area (Å²) in [4.78, 5) is 0. The minimum absolute atomic E-state index is 0.204. The summed E-state index contributed by atoms with van der Waals surface area (Å²) in [5.74, 6) is 0. The molecule has 1 atom stereocenters. The van der Waals surface area contributed by atoms with E-state index in [2.05, 4.69) is 0 Å². The summed E-state index contributed by atoms with van der Waals surface area (Å²) in [6, 6.07) is 0. The maximum absolute atomic E-state index is 5.42. The van der Waals surface area contributed by atoms with Crippen molar-refractivity contribution in [3.63, 3.8) is 0 Å². The monoisotopic (exact) mass is 214 g/mol. The quantitative estimate of drug-likeness (QED) is 0.623. The van der Waals surface area contributed by atoms with Crippen molar-refractivity contribution >= 4 is 0 Å². The van der Waals surface area contributed by atoms with Gasteiger partial charge in [-0.05, 0) is 0 Å². The van der Waals surface area contributed by atoms with Crippen LogP contribution in [0.15, 0.2) is 0 Å². The fourth-order valence-corrected chi connectivity index (χ4v) is 2.89. The molecule has 0 bridgehead atoms. The van der Waals surface area contributed by atoms with Crippen LogP contribution >= 0.6 is 0 Å². The van der Waals surface area contributed by atoms with Crippen LogP contribution in [0.3, 0.4) is 0 Å². The van der Waals surface area contributed by atoms with E-state index in [4.69, 9.17) is 18.0 Å². The van der Waals surface area contributed by atoms with E-state index in [-0.39, 0.29) is 6.29 Å². The Bertz CT molecular complexity index is 126. The van der Waals surface area contributed by atoms with Gasteiger partial charge in [0.2, 0.25) is 0 Å². The van der Waals surface area contributed by atoms with Crippen LogP contribution in [0.25, 0.3) is 0 Å². The van der Waals surface area contributed by atoms with Gasteiger partial charge in [-0.1, -0.05) is 0 Å². The first kappa shape index (κ1) is 10.6. The molecule has 1 heterocycles. The predicted molar refractivity (Wildman–Crippen MR) is 36.5 cm³/mol. The van der Waals surface area contributed by atoms with E-state index in [1.165, 1.54) is 21.3 Å². The number of rotatable bonds is 5. The van der Waals surface area contributed by atoms with E-state index < -0.39 is 18.1 Å². The van der Waals surface area contributed by atoms with Gasteiger partial charge in [0, 0.05) is 0 Å². The first-order valence-electron chi connectivity index (χ1n) is 3.71. The average molecular weight is 214 g/mol. The molecule has 72 valence electrons. The Morgan fingerprint density at radius 2 is 1.67 bits per heavy atom. The van der Waals surface area contributed by atoms with Gasteiger partial charge < -0.3 is 0 Å². The van der Waals surface area contributed by atoms with E-state index in [1.807, 2.05) is 0 Å². The van der Waals surface area contributed by atoms with Crippen molar-refractivity contribution in [2.45, 2.75) is 12.7 Å². The van der Waals surface area contributed by atoms with Crippen LogP contribution in [0.5, 0.6) is 0 Å². The molecule has 1 unspecified atom stereocenters. The zero-order chi connectivity index (χ0) is 9.03. The molecule has 1 rings (SSSR count). The van der Waals surface area contributed by atoms with Gasteiger partial charge >= 0.3 is 76.8 Å². The zero-order valence-corrected chi connectivity index (χ0v) is 9.09. The van der Waals surface area contributed by atoms with Crippen molar-refractivity contribution in [1.29, 1.82) is 0 Å². The molecule has 5 nitrogen and oxygen atoms in total. The van der Waals surface area contributed by atoms with E-state index in [9.17, 15) is 0 Å². The van der Waals surface area contributed by atoms with Gasteiger partial charge in [0.05, 0.1) is 0 Å². The molecule has 0 amide bonds. The number of ether oxygens (including phenoxy) is 1. The van der Waals surface area contributed by atoms with Crippen molar-refractivity contribution in [3.8, 4) is 0 Å². The first-order valence-corrected chi connectivity index (χ1v) is 6.26. The van der Waals surface area contributed by atoms with Gasteiger partial charge in [-0.2, -0.15) is 0 Å². The Hall–Kier alpha value is 0.514. The Morgan fingerprint density at radius 1 is 1.17 bits per heavy atom. The molecule has 12 heavy (non-hydrogen) atoms. The van der Waals surface area contributed by atoms with Crippen LogP contribution in [-0.2, 0) is 36.2 Å². The molecule has 0 aromatic rings. The van der Waals surface area contributed by atoms with Crippen molar-refractivity contribution in [2.75, 3.05) is 27.9 Å². The first-order chi connectivity index (χ1) is 5.76. The molecule has 0 aliphatic carbocycles. The van der Waals surface area contributed by atoms with Crippen molar-refractivity contribution in [1.82, 2.24) is 0 Å². The SMILES string of the molecule is C[O][Ti]([O]C)([O]C)[O]C1CCO1. The summed E-state index contributed by atoms with van der Waals surface area (Å²) in [5.41, 5.74) is 0. The number of hydrogen-bond acceptors (Lipinski definition) is 5. The van der Waals surface area contributed by atoms with Crippen LogP contribution in [0, 0.1) is 0 Å². The molecule has 0 aromatic heterocycles. The van der Waals surface area contributed by atoms with E-state index in [0.29, 0.717) is 0 Å². The molecule has 1 saturated heterocycles. The second kappa shape index (κ2) is 4.67. The van der Waals surface area contributed by atoms with Crippen molar-refractivity contribution < 1.29 is 36.2 Å². The fraction of sp³-hybridized carbons (Fsp3) is 1.00. The van der Waals surface area contributed by atoms with E-state index in [1.54, 1.807) is 0 Å². The molecule has 0 N–H and O–H groups in total. The molecule has 0 radical (unpaired) electrons. The third-order valence-electron chi connectivity index (χ3n) is 1.68. The predicted octanol–water partition coefficient (Wildman–Crippen LogP) is 0.502. The summed E-state index contributed by atoms with van der Waals surface area (Å²) in [6.45, 7) is 0.736. The molecular weight excluding hydrogens is 200 g/mol. The molecule has 0 saturated carbocycles. The maximum atomic E-state index is 5.42. The normalized spacial score (nSPS) is 23.8. The topological polar surface area (TPSA) is 46.2 Å². The van der Waals surface area contributed by atoms with Crippen LogP contribution in [0.4, 0.5) is 0 Å². The average Bonchev–Trinajstić information content (AvgIpc) is 2.05. The van der Waals surface area contributed by atoms with Gasteiger partial charge in [-0.25, -0.2) is 0 Å². The summed E-state index contributed by atoms with van der Waals surface area (Å²) in [6.07, 6.45) is 0.674. The molecule has 1 fully saturated rings. The van der Waals surface area contributed by atoms with Crippen molar-refractivity contribution in [2.24, 2.45) is 0 Å². The third kappa shape index (κ3) is 2.26. The van der Waals surface area contributed by atoms with Gasteiger partial charge in [0.15, 0.2) is 0 Å². The molecule has 0 aromatic carbocycles. The second-order valence-electron chi connectivity index (χ2n) is 2.32. The Labute approximate surface area is 77.1 Å². The molecule has 0 spiro atoms. The Kier molecular flexibility index (Phi) is 4.12. The van der Waals surface area contributed by atoms with E-state index >= 15 is 0 Å². The minimum atomic E-state index is -3.38. The summed E-state index contributed by atoms with van der Waals surface area (Å²) < 4.78 is 25.7. The summed E-state index contributed by atoms with van der Waals surface area (Å²) in [5, 5.41) is 0. The van der Waals surface area contributed by atoms with Crippen LogP contribution in [-0.4, -0.2) is 34.2 Å². The summed E-state index contributed by atoms with van der Waals surface area (Å²) >= 11 is -3.38. The van der Waals surface area contributed by atoms with Crippen LogP contribution < -0.4 is 0 Å². The Balaban J connectivity index is 2.39. The standard InChI is InChI=1S/C3H5O2.3CH3O.Ti/c4-3-1-2-5-3;3*1-2;/h3H,1-2H2;3*1H3;/q4*-1;+4. The van der Waals surface area contributed by atoms with Gasteiger partial charge in [0.25, 0.3) is 0 Å². The van der Waals surface area contributed by atoms with Crippen LogP contribution in [0.1, 0.15) is 6.42 Å². The zero-order valence-electron chi connectivity index (χ0n) is 7.53. The Morgan fingerprint density at radius 3 is 1.92 bits per heavy atom. The number of hydrogen-bond donors (Lipinski definition) is 0. The van der Waals surface area contributed by atoms with Gasteiger partial charge in [-0.3, -0.25) is 0 Å². The van der Waals surface area contributed by atoms with Crippen molar-refractivity contribution in [3.05, 3.63) is 0 Å². The third-order valence-corrected chi connectivity index (χ3v) is 4.89. The molecule has 6 heteroatoms. The van der Waals surface area contributed by atoms with Crippen LogP contribution in [0.2, 0.25) is 0 Å². The molecule has 1 aliphatic rings. The molecule has 1 aliphatic heterocycles. The molecular formula is C6H14O5Ti. The summed E-state index contributed by atoms with van der Waals surface area (Å²) in [7, 11) is 4.56. The fourth-order valence-electron chi connectivity index (χ4n) is 0.862. The van der Waals surface area contributed by atoms with Gasteiger partial charge in [-0.15, -0.1) is 0 Å². The van der Waals surface area contributed by atoms with E-state index in [0.717, 1.165) is 13.0 Å². The second-order valence-corrected chi connectivity index (χ2v) is 6.16. The van der Waals surface area contributed by atoms with Gasteiger partial charge in [0.1, 0.15) is 0 Å².